The van der Waals surface area contributed by atoms with E-state index in [9.17, 15) is 9.18 Å². The number of hydrogen-bond donors (Lipinski definition) is 2. The summed E-state index contributed by atoms with van der Waals surface area (Å²) in [6, 6.07) is 6.60. The summed E-state index contributed by atoms with van der Waals surface area (Å²) in [5, 5.41) is 0. The second-order valence-corrected chi connectivity index (χ2v) is 9.32. The molecule has 2 fully saturated rings. The molecule has 1 amide bonds. The van der Waals surface area contributed by atoms with Crippen molar-refractivity contribution >= 4 is 17.5 Å². The van der Waals surface area contributed by atoms with Gasteiger partial charge in [-0.15, -0.1) is 0 Å². The second-order valence-electron chi connectivity index (χ2n) is 9.32. The van der Waals surface area contributed by atoms with Crippen LogP contribution in [-0.4, -0.2) is 63.0 Å². The molecule has 4 heterocycles. The number of aromatic nitrogens is 4. The van der Waals surface area contributed by atoms with Crippen LogP contribution >= 0.6 is 0 Å². The number of carbonyl (C=O) groups excluding carboxylic acids is 1. The topological polar surface area (TPSA) is 119 Å². The highest BCUT2D eigenvalue weighted by Crippen LogP contribution is 2.33. The van der Waals surface area contributed by atoms with Crippen LogP contribution in [0.1, 0.15) is 47.8 Å². The zero-order chi connectivity index (χ0) is 24.4. The van der Waals surface area contributed by atoms with Crippen LogP contribution in [0.5, 0.6) is 0 Å². The Balaban J connectivity index is 1.37. The Labute approximate surface area is 204 Å². The predicted octanol–water partition coefficient (Wildman–Crippen LogP) is 2.64. The molecule has 10 heteroatoms. The van der Waals surface area contributed by atoms with E-state index in [1.807, 2.05) is 11.0 Å². The molecule has 0 bridgehead atoms. The molecule has 0 spiro atoms. The van der Waals surface area contributed by atoms with Gasteiger partial charge in [-0.3, -0.25) is 4.79 Å². The molecule has 9 nitrogen and oxygen atoms in total. The fraction of sp³-hybridized carbons (Fsp3) is 0.440. The number of nitrogens with zero attached hydrogens (tertiary/aromatic N) is 6. The van der Waals surface area contributed by atoms with Gasteiger partial charge in [0.1, 0.15) is 35.2 Å². The first-order chi connectivity index (χ1) is 17.0. The minimum Gasteiger partial charge on any atom is -0.383 e. The lowest BCUT2D eigenvalue weighted by Gasteiger charge is -2.33. The molecule has 184 valence electrons. The zero-order valence-corrected chi connectivity index (χ0v) is 19.7. The number of nitrogen functional groups attached to an aromatic ring is 1. The van der Waals surface area contributed by atoms with Gasteiger partial charge in [-0.25, -0.2) is 19.3 Å². The standard InChI is InChI=1S/C25H31FN8O/c26-19-5-3-4-18(14-19)20-15-34(13-12-32-8-1-2-9-32)24(31-20)17-6-10-33(11-7-17)25-21(23(28)35)22(27)29-16-30-25/h3-5,14-17H,1-2,6-13H2,(H2,28,35)(H2,27,29,30). The highest BCUT2D eigenvalue weighted by Gasteiger charge is 2.29. The number of amides is 1. The molecule has 4 N–H and O–H groups in total. The predicted molar refractivity (Wildman–Crippen MR) is 132 cm³/mol. The van der Waals surface area contributed by atoms with Gasteiger partial charge in [0.05, 0.1) is 5.69 Å². The summed E-state index contributed by atoms with van der Waals surface area (Å²) < 4.78 is 16.1. The van der Waals surface area contributed by atoms with Gasteiger partial charge < -0.3 is 25.8 Å². The van der Waals surface area contributed by atoms with Gasteiger partial charge in [-0.2, -0.15) is 0 Å². The monoisotopic (exact) mass is 478 g/mol. The molecule has 0 radical (unpaired) electrons. The van der Waals surface area contributed by atoms with E-state index >= 15 is 0 Å². The number of nitrogens with two attached hydrogens (primary N) is 2. The van der Waals surface area contributed by atoms with Gasteiger partial charge in [0, 0.05) is 43.9 Å². The van der Waals surface area contributed by atoms with Crippen molar-refractivity contribution in [3.05, 3.63) is 54.0 Å². The Kier molecular flexibility index (Phi) is 6.63. The molecule has 0 aliphatic carbocycles. The van der Waals surface area contributed by atoms with E-state index < -0.39 is 5.91 Å². The molecule has 2 saturated heterocycles. The van der Waals surface area contributed by atoms with E-state index in [0.29, 0.717) is 18.9 Å². The highest BCUT2D eigenvalue weighted by atomic mass is 19.1. The molecular weight excluding hydrogens is 447 g/mol. The Bertz CT molecular complexity index is 1200. The maximum atomic E-state index is 13.9. The zero-order valence-electron chi connectivity index (χ0n) is 19.7. The summed E-state index contributed by atoms with van der Waals surface area (Å²) in [5.41, 5.74) is 13.2. The van der Waals surface area contributed by atoms with Crippen molar-refractivity contribution in [2.75, 3.05) is 43.4 Å². The molecule has 0 saturated carbocycles. The molecule has 0 unspecified atom stereocenters. The fourth-order valence-electron chi connectivity index (χ4n) is 5.19. The number of likely N-dealkylation sites (tertiary alicyclic amines) is 1. The van der Waals surface area contributed by atoms with Crippen molar-refractivity contribution in [1.29, 1.82) is 0 Å². The lowest BCUT2D eigenvalue weighted by molar-refractivity contribution is 0.100. The SMILES string of the molecule is NC(=O)c1c(N)ncnc1N1CCC(c2nc(-c3cccc(F)c3)cn2CCN2CCCC2)CC1. The summed E-state index contributed by atoms with van der Waals surface area (Å²) in [7, 11) is 0. The minimum atomic E-state index is -0.627. The number of piperidine rings is 1. The van der Waals surface area contributed by atoms with E-state index in [0.717, 1.165) is 56.1 Å². The van der Waals surface area contributed by atoms with E-state index in [1.54, 1.807) is 6.07 Å². The normalized spacial score (nSPS) is 17.2. The molecule has 3 aromatic rings. The number of benzene rings is 1. The number of carbonyl (C=O) groups is 1. The second kappa shape index (κ2) is 9.99. The van der Waals surface area contributed by atoms with Crippen LogP contribution in [-0.2, 0) is 6.54 Å². The number of rotatable bonds is 7. The van der Waals surface area contributed by atoms with Crippen LogP contribution in [0.2, 0.25) is 0 Å². The summed E-state index contributed by atoms with van der Waals surface area (Å²) in [6.45, 7) is 5.50. The van der Waals surface area contributed by atoms with E-state index in [2.05, 4.69) is 25.6 Å². The quantitative estimate of drug-likeness (QED) is 0.536. The van der Waals surface area contributed by atoms with Crippen LogP contribution in [0, 0.1) is 5.82 Å². The molecule has 0 atom stereocenters. The molecule has 5 rings (SSSR count). The first-order valence-corrected chi connectivity index (χ1v) is 12.2. The fourth-order valence-corrected chi connectivity index (χ4v) is 5.19. The number of hydrogen-bond acceptors (Lipinski definition) is 7. The van der Waals surface area contributed by atoms with Crippen LogP contribution in [0.25, 0.3) is 11.3 Å². The van der Waals surface area contributed by atoms with Gasteiger partial charge in [0.15, 0.2) is 0 Å². The third kappa shape index (κ3) is 4.97. The molecule has 1 aromatic carbocycles. The third-order valence-corrected chi connectivity index (χ3v) is 7.05. The Hall–Kier alpha value is -3.53. The van der Waals surface area contributed by atoms with Crippen molar-refractivity contribution in [2.24, 2.45) is 5.73 Å². The van der Waals surface area contributed by atoms with E-state index in [1.165, 1.54) is 31.3 Å². The van der Waals surface area contributed by atoms with Gasteiger partial charge in [0.25, 0.3) is 5.91 Å². The first kappa shape index (κ1) is 23.2. The van der Waals surface area contributed by atoms with Crippen LogP contribution in [0.3, 0.4) is 0 Å². The molecule has 35 heavy (non-hydrogen) atoms. The number of imidazole rings is 1. The lowest BCUT2D eigenvalue weighted by Crippen LogP contribution is -2.36. The smallest absolute Gasteiger partial charge is 0.256 e. The molecule has 2 aliphatic heterocycles. The van der Waals surface area contributed by atoms with Crippen LogP contribution < -0.4 is 16.4 Å². The summed E-state index contributed by atoms with van der Waals surface area (Å²) in [5.74, 6) is 0.961. The average molecular weight is 479 g/mol. The Morgan fingerprint density at radius 1 is 1.09 bits per heavy atom. The third-order valence-electron chi connectivity index (χ3n) is 7.05. The van der Waals surface area contributed by atoms with Crippen molar-refractivity contribution in [3.63, 3.8) is 0 Å². The maximum Gasteiger partial charge on any atom is 0.256 e. The molecule has 2 aromatic heterocycles. The number of anilines is 2. The lowest BCUT2D eigenvalue weighted by atomic mass is 9.95. The molecular formula is C25H31FN8O. The summed E-state index contributed by atoms with van der Waals surface area (Å²) in [6.07, 6.45) is 7.61. The van der Waals surface area contributed by atoms with Gasteiger partial charge in [-0.05, 0) is 50.9 Å². The number of halogens is 1. The van der Waals surface area contributed by atoms with E-state index in [4.69, 9.17) is 16.5 Å². The van der Waals surface area contributed by atoms with Crippen molar-refractivity contribution in [3.8, 4) is 11.3 Å². The largest absolute Gasteiger partial charge is 0.383 e. The van der Waals surface area contributed by atoms with Crippen LogP contribution in [0.4, 0.5) is 16.0 Å². The Morgan fingerprint density at radius 2 is 1.86 bits per heavy atom. The minimum absolute atomic E-state index is 0.0989. The first-order valence-electron chi connectivity index (χ1n) is 12.2. The van der Waals surface area contributed by atoms with Gasteiger partial charge in [-0.1, -0.05) is 12.1 Å². The Morgan fingerprint density at radius 3 is 2.57 bits per heavy atom. The average Bonchev–Trinajstić information content (AvgIpc) is 3.53. The van der Waals surface area contributed by atoms with Crippen molar-refractivity contribution in [2.45, 2.75) is 38.1 Å². The summed E-state index contributed by atoms with van der Waals surface area (Å²) >= 11 is 0. The van der Waals surface area contributed by atoms with Gasteiger partial charge >= 0.3 is 0 Å². The van der Waals surface area contributed by atoms with Crippen molar-refractivity contribution < 1.29 is 9.18 Å². The van der Waals surface area contributed by atoms with Crippen molar-refractivity contribution in [1.82, 2.24) is 24.4 Å². The van der Waals surface area contributed by atoms with Gasteiger partial charge in [0.2, 0.25) is 0 Å². The van der Waals surface area contributed by atoms with Crippen LogP contribution in [0.15, 0.2) is 36.8 Å². The molecule has 2 aliphatic rings. The highest BCUT2D eigenvalue weighted by molar-refractivity contribution is 6.01. The summed E-state index contributed by atoms with van der Waals surface area (Å²) in [4.78, 5) is 29.7. The van der Waals surface area contributed by atoms with E-state index in [-0.39, 0.29) is 23.1 Å². The maximum absolute atomic E-state index is 13.9. The number of primary amides is 1.